The summed E-state index contributed by atoms with van der Waals surface area (Å²) in [6.07, 6.45) is 32.4. The lowest BCUT2D eigenvalue weighted by atomic mass is 10.0. The summed E-state index contributed by atoms with van der Waals surface area (Å²) in [5.74, 6) is -0.160. The lowest BCUT2D eigenvalue weighted by molar-refractivity contribution is -0.123. The molecule has 1 unspecified atom stereocenters. The van der Waals surface area contributed by atoms with Gasteiger partial charge in [-0.05, 0) is 12.8 Å². The molecule has 0 aliphatic heterocycles. The van der Waals surface area contributed by atoms with Crippen LogP contribution in [0.4, 0.5) is 0 Å². The molecule has 45 heavy (non-hydrogen) atoms. The van der Waals surface area contributed by atoms with E-state index in [9.17, 15) is 19.4 Å². The molecule has 0 bridgehead atoms. The van der Waals surface area contributed by atoms with Crippen LogP contribution in [0, 0.1) is 0 Å². The van der Waals surface area contributed by atoms with Crippen molar-refractivity contribution in [3.63, 3.8) is 0 Å². The maximum atomic E-state index is 12.7. The van der Waals surface area contributed by atoms with Gasteiger partial charge in [0.1, 0.15) is 0 Å². The number of phosphoric acid groups is 1. The van der Waals surface area contributed by atoms with Crippen molar-refractivity contribution >= 4 is 13.7 Å². The van der Waals surface area contributed by atoms with Crippen LogP contribution in [0.1, 0.15) is 194 Å². The smallest absolute Gasteiger partial charge is 0.391 e. The molecule has 5 N–H and O–H groups in total. The summed E-state index contributed by atoms with van der Waals surface area (Å²) in [6.45, 7) is 4.20. The number of aliphatic hydroxyl groups excluding tert-OH is 1. The van der Waals surface area contributed by atoms with E-state index in [1.807, 2.05) is 0 Å². The summed E-state index contributed by atoms with van der Waals surface area (Å²) in [4.78, 5) is 22.6. The van der Waals surface area contributed by atoms with Crippen LogP contribution in [-0.4, -0.2) is 47.8 Å². The quantitative estimate of drug-likeness (QED) is 0.0388. The number of unbranched alkanes of at least 4 members (excludes halogenated alkanes) is 24. The summed E-state index contributed by atoms with van der Waals surface area (Å²) in [5, 5.41) is 13.7. The van der Waals surface area contributed by atoms with Crippen molar-refractivity contribution in [2.24, 2.45) is 5.73 Å². The Morgan fingerprint density at radius 3 is 1.42 bits per heavy atom. The fraction of sp³-hybridized carbons (Fsp3) is 0.972. The van der Waals surface area contributed by atoms with Gasteiger partial charge >= 0.3 is 7.82 Å². The van der Waals surface area contributed by atoms with Crippen LogP contribution in [0.5, 0.6) is 0 Å². The van der Waals surface area contributed by atoms with Gasteiger partial charge < -0.3 is 21.1 Å². The number of nitrogens with one attached hydrogen (secondary N) is 1. The van der Waals surface area contributed by atoms with Gasteiger partial charge in [0.05, 0.1) is 25.4 Å². The van der Waals surface area contributed by atoms with Crippen LogP contribution in [0.15, 0.2) is 0 Å². The number of carbonyl (C=O) groups is 1. The van der Waals surface area contributed by atoms with E-state index in [2.05, 4.69) is 19.2 Å². The van der Waals surface area contributed by atoms with E-state index in [1.165, 1.54) is 128 Å². The van der Waals surface area contributed by atoms with Crippen LogP contribution < -0.4 is 11.1 Å². The highest BCUT2D eigenvalue weighted by Crippen LogP contribution is 2.43. The Balaban J connectivity index is 4.21. The Hall–Kier alpha value is -0.500. The van der Waals surface area contributed by atoms with E-state index in [-0.39, 0.29) is 25.7 Å². The Morgan fingerprint density at radius 2 is 1.02 bits per heavy atom. The first-order valence-electron chi connectivity index (χ1n) is 19.2. The van der Waals surface area contributed by atoms with E-state index in [0.29, 0.717) is 12.8 Å². The van der Waals surface area contributed by atoms with Crippen molar-refractivity contribution in [1.82, 2.24) is 5.32 Å². The van der Waals surface area contributed by atoms with Gasteiger partial charge in [0.2, 0.25) is 5.91 Å². The van der Waals surface area contributed by atoms with Gasteiger partial charge in [-0.3, -0.25) is 13.8 Å². The molecular formula is C36H75N2O6P. The predicted molar refractivity (Wildman–Crippen MR) is 189 cm³/mol. The summed E-state index contributed by atoms with van der Waals surface area (Å²) < 4.78 is 22.1. The number of amides is 1. The highest BCUT2D eigenvalue weighted by molar-refractivity contribution is 7.47. The van der Waals surface area contributed by atoms with Gasteiger partial charge in [0, 0.05) is 13.0 Å². The molecule has 270 valence electrons. The van der Waals surface area contributed by atoms with Gasteiger partial charge in [-0.2, -0.15) is 0 Å². The number of carbonyl (C=O) groups excluding carboxylic acids is 1. The summed E-state index contributed by atoms with van der Waals surface area (Å²) in [6, 6.07) is -0.765. The number of aliphatic hydroxyl groups is 1. The minimum atomic E-state index is -4.30. The lowest BCUT2D eigenvalue weighted by Gasteiger charge is -2.25. The topological polar surface area (TPSA) is 131 Å². The van der Waals surface area contributed by atoms with E-state index < -0.39 is 20.0 Å². The highest BCUT2D eigenvalue weighted by Gasteiger charge is 2.27. The number of phosphoric ester groups is 1. The van der Waals surface area contributed by atoms with E-state index in [0.717, 1.165) is 38.5 Å². The number of hydrogen-bond donors (Lipinski definition) is 4. The van der Waals surface area contributed by atoms with Gasteiger partial charge in [-0.25, -0.2) is 4.57 Å². The van der Waals surface area contributed by atoms with Crippen LogP contribution in [0.25, 0.3) is 0 Å². The Labute approximate surface area is 278 Å². The number of hydrogen-bond acceptors (Lipinski definition) is 6. The normalized spacial score (nSPS) is 14.3. The molecule has 9 heteroatoms. The third-order valence-electron chi connectivity index (χ3n) is 8.71. The molecular weight excluding hydrogens is 587 g/mol. The first kappa shape index (κ1) is 44.5. The van der Waals surface area contributed by atoms with Gasteiger partial charge in [-0.15, -0.1) is 0 Å². The second kappa shape index (κ2) is 33.4. The first-order chi connectivity index (χ1) is 21.9. The zero-order valence-corrected chi connectivity index (χ0v) is 30.5. The summed E-state index contributed by atoms with van der Waals surface area (Å²) in [7, 11) is -4.30. The molecule has 0 radical (unpaired) electrons. The Kier molecular flexibility index (Phi) is 33.0. The van der Waals surface area contributed by atoms with Crippen molar-refractivity contribution in [3.05, 3.63) is 0 Å². The second-order valence-electron chi connectivity index (χ2n) is 13.2. The van der Waals surface area contributed by atoms with Crippen LogP contribution in [0.3, 0.4) is 0 Å². The largest absolute Gasteiger partial charge is 0.472 e. The molecule has 0 aliphatic rings. The zero-order chi connectivity index (χ0) is 33.3. The Bertz CT molecular complexity index is 684. The average Bonchev–Trinajstić information content (AvgIpc) is 3.02. The zero-order valence-electron chi connectivity index (χ0n) is 29.6. The molecule has 3 atom stereocenters. The van der Waals surface area contributed by atoms with Crippen molar-refractivity contribution < 1.29 is 28.4 Å². The van der Waals surface area contributed by atoms with Gasteiger partial charge in [-0.1, -0.05) is 174 Å². The molecule has 1 amide bonds. The minimum Gasteiger partial charge on any atom is -0.391 e. The fourth-order valence-corrected chi connectivity index (χ4v) is 6.54. The maximum absolute atomic E-state index is 12.7. The number of nitrogens with two attached hydrogens (primary N) is 1. The molecule has 0 saturated carbocycles. The van der Waals surface area contributed by atoms with E-state index in [1.54, 1.807) is 0 Å². The lowest BCUT2D eigenvalue weighted by Crippen LogP contribution is -2.46. The molecule has 0 aromatic rings. The first-order valence-corrected chi connectivity index (χ1v) is 20.6. The molecule has 0 rings (SSSR count). The fourth-order valence-electron chi connectivity index (χ4n) is 5.78. The molecule has 0 heterocycles. The van der Waals surface area contributed by atoms with Crippen LogP contribution in [0.2, 0.25) is 0 Å². The minimum absolute atomic E-state index is 0.0921. The number of rotatable bonds is 36. The molecule has 0 spiro atoms. The molecule has 0 saturated heterocycles. The average molecular weight is 663 g/mol. The third kappa shape index (κ3) is 31.8. The second-order valence-corrected chi connectivity index (χ2v) is 14.6. The van der Waals surface area contributed by atoms with Gasteiger partial charge in [0.25, 0.3) is 0 Å². The summed E-state index contributed by atoms with van der Waals surface area (Å²) in [5.41, 5.74) is 5.36. The van der Waals surface area contributed by atoms with Crippen molar-refractivity contribution in [3.8, 4) is 0 Å². The van der Waals surface area contributed by atoms with Crippen LogP contribution in [-0.2, 0) is 18.4 Å². The molecule has 0 fully saturated rings. The monoisotopic (exact) mass is 663 g/mol. The van der Waals surface area contributed by atoms with Crippen molar-refractivity contribution in [2.75, 3.05) is 19.8 Å². The third-order valence-corrected chi connectivity index (χ3v) is 9.70. The molecule has 8 nitrogen and oxygen atoms in total. The highest BCUT2D eigenvalue weighted by atomic mass is 31.2. The molecule has 0 aromatic carbocycles. The molecule has 0 aliphatic carbocycles. The standard InChI is InChI=1S/C36H75N2O6P/c1-3-5-7-9-11-13-15-17-18-20-22-24-26-28-30-36(40)38-34(33-44-45(41,42)43-32-31-37)35(39)29-27-25-23-21-19-16-14-12-10-8-6-4-2/h34-35,39H,3-33,37H2,1-2H3,(H,38,40)(H,41,42)/t34-,35+/m0/s1. The predicted octanol–water partition coefficient (Wildman–Crippen LogP) is 9.89. The van der Waals surface area contributed by atoms with Crippen LogP contribution >= 0.6 is 7.82 Å². The maximum Gasteiger partial charge on any atom is 0.472 e. The van der Waals surface area contributed by atoms with E-state index >= 15 is 0 Å². The Morgan fingerprint density at radius 1 is 0.644 bits per heavy atom. The van der Waals surface area contributed by atoms with E-state index in [4.69, 9.17) is 14.8 Å². The summed E-state index contributed by atoms with van der Waals surface area (Å²) >= 11 is 0. The van der Waals surface area contributed by atoms with Crippen molar-refractivity contribution in [1.29, 1.82) is 0 Å². The molecule has 0 aromatic heterocycles. The van der Waals surface area contributed by atoms with Crippen molar-refractivity contribution in [2.45, 2.75) is 206 Å². The van der Waals surface area contributed by atoms with Gasteiger partial charge in [0.15, 0.2) is 0 Å². The SMILES string of the molecule is CCCCCCCCCCCCCCCCC(=O)N[C@@H](COP(=O)(O)OCCN)[C@H](O)CCCCCCCCCCCCCC.